The lowest BCUT2D eigenvalue weighted by molar-refractivity contribution is -0.139. The highest BCUT2D eigenvalue weighted by atomic mass is 16.4. The number of carbonyl (C=O) groups is 2. The molecule has 11 nitrogen and oxygen atoms in total. The Bertz CT molecular complexity index is 150. The number of carboxylic acid groups (broad SMARTS) is 2. The number of hydrogen-bond donors (Lipinski definition) is 3. The van der Waals surface area contributed by atoms with E-state index in [-0.39, 0.29) is 45.7 Å². The summed E-state index contributed by atoms with van der Waals surface area (Å²) in [6.07, 6.45) is -0.224. The van der Waals surface area contributed by atoms with Crippen LogP contribution in [-0.4, -0.2) is 61.1 Å². The molecule has 0 bridgehead atoms. The summed E-state index contributed by atoms with van der Waals surface area (Å²) in [6.45, 7) is 0. The van der Waals surface area contributed by atoms with Gasteiger partial charge in [0.1, 0.15) is 6.04 Å². The third-order valence-electron chi connectivity index (χ3n) is 0.986. The molecule has 0 aliphatic heterocycles. The van der Waals surface area contributed by atoms with Crippen molar-refractivity contribution in [3.05, 3.63) is 0 Å². The van der Waals surface area contributed by atoms with E-state index in [4.69, 9.17) is 15.9 Å². The predicted octanol–water partition coefficient (Wildman–Crippen LogP) is -5.69. The Labute approximate surface area is 90.3 Å². The van der Waals surface area contributed by atoms with Gasteiger partial charge in [0.05, 0.1) is 0 Å². The Morgan fingerprint density at radius 1 is 0.938 bits per heavy atom. The summed E-state index contributed by atoms with van der Waals surface area (Å²) >= 11 is 0. The van der Waals surface area contributed by atoms with Crippen molar-refractivity contribution in [2.24, 2.45) is 5.73 Å². The minimum Gasteiger partial charge on any atom is -0.481 e. The van der Waals surface area contributed by atoms with Crippen LogP contribution < -0.4 is 5.73 Å². The molecule has 0 rings (SSSR count). The molecule has 0 heterocycles. The maximum atomic E-state index is 9.99. The highest BCUT2D eigenvalue weighted by molar-refractivity contribution is 5.74. The smallest absolute Gasteiger partial charge is 0.320 e. The lowest BCUT2D eigenvalue weighted by Crippen LogP contribution is -2.30. The summed E-state index contributed by atoms with van der Waals surface area (Å²) in [4.78, 5) is 19.9. The first-order valence-corrected chi connectivity index (χ1v) is 2.74. The van der Waals surface area contributed by atoms with Gasteiger partial charge >= 0.3 is 11.9 Å². The fraction of sp³-hybridized carbons (Fsp3) is 0.600. The van der Waals surface area contributed by atoms with Gasteiger partial charge in [-0.2, -0.15) is 0 Å². The Morgan fingerprint density at radius 3 is 1.44 bits per heavy atom. The molecule has 11 heteroatoms. The van der Waals surface area contributed by atoms with Crippen LogP contribution in [0.5, 0.6) is 0 Å². The van der Waals surface area contributed by atoms with Gasteiger partial charge in [0, 0.05) is 6.42 Å². The summed E-state index contributed by atoms with van der Waals surface area (Å²) in [5, 5.41) is 16.3. The number of aliphatic carboxylic acids is 2. The molecule has 0 amide bonds. The molecule has 0 aromatic carbocycles. The van der Waals surface area contributed by atoms with Crippen LogP contribution in [0.4, 0.5) is 0 Å². The zero-order valence-electron chi connectivity index (χ0n) is 8.28. The van der Waals surface area contributed by atoms with Crippen molar-refractivity contribution < 1.29 is 52.7 Å². The van der Waals surface area contributed by atoms with E-state index in [1.54, 1.807) is 0 Å². The van der Waals surface area contributed by atoms with Crippen LogP contribution in [-0.2, 0) is 9.59 Å². The lowest BCUT2D eigenvalue weighted by Gasteiger charge is -2.01. The van der Waals surface area contributed by atoms with Crippen molar-refractivity contribution in [2.45, 2.75) is 18.9 Å². The van der Waals surface area contributed by atoms with Crippen LogP contribution >= 0.6 is 0 Å². The van der Waals surface area contributed by atoms with Crippen molar-refractivity contribution in [3.8, 4) is 0 Å². The molecule has 0 aliphatic carbocycles. The SMILES string of the molecule is N[C@@H](CCC(=O)O)C(=O)O.O.O.O.O.O.O. The van der Waals surface area contributed by atoms with Crippen molar-refractivity contribution in [2.75, 3.05) is 0 Å². The lowest BCUT2D eigenvalue weighted by atomic mass is 10.2. The van der Waals surface area contributed by atoms with Gasteiger partial charge in [-0.3, -0.25) is 9.59 Å². The molecule has 0 saturated carbocycles. The molecular weight excluding hydrogens is 234 g/mol. The molecule has 0 saturated heterocycles. The molecule has 16 N–H and O–H groups in total. The average Bonchev–Trinajstić information content (AvgIpc) is 1.82. The highest BCUT2D eigenvalue weighted by Crippen LogP contribution is 1.93. The normalized spacial score (nSPS) is 7.81. The number of carboxylic acids is 2. The van der Waals surface area contributed by atoms with E-state index >= 15 is 0 Å². The molecule has 16 heavy (non-hydrogen) atoms. The number of nitrogens with two attached hydrogens (primary N) is 1. The third kappa shape index (κ3) is 29.3. The fourth-order valence-electron chi connectivity index (χ4n) is 0.402. The van der Waals surface area contributed by atoms with Crippen LogP contribution in [0.3, 0.4) is 0 Å². The summed E-state index contributed by atoms with van der Waals surface area (Å²) in [7, 11) is 0. The average molecular weight is 255 g/mol. The minimum absolute atomic E-state index is 0. The molecule has 0 fully saturated rings. The summed E-state index contributed by atoms with van der Waals surface area (Å²) < 4.78 is 0. The Morgan fingerprint density at radius 2 is 1.25 bits per heavy atom. The monoisotopic (exact) mass is 255 g/mol. The van der Waals surface area contributed by atoms with Gasteiger partial charge < -0.3 is 48.8 Å². The molecule has 0 aromatic heterocycles. The maximum Gasteiger partial charge on any atom is 0.320 e. The van der Waals surface area contributed by atoms with Gasteiger partial charge in [0.2, 0.25) is 0 Å². The van der Waals surface area contributed by atoms with Gasteiger partial charge in [-0.05, 0) is 6.42 Å². The standard InChI is InChI=1S/C5H9NO4.6H2O/c6-3(5(9)10)1-2-4(7)8;;;;;;/h3H,1-2,6H2,(H,7,8)(H,9,10);6*1H2/t3-;;;;;;/m0....../s1. The van der Waals surface area contributed by atoms with Gasteiger partial charge in [-0.15, -0.1) is 0 Å². The second kappa shape index (κ2) is 23.5. The Kier molecular flexibility index (Phi) is 68.4. The van der Waals surface area contributed by atoms with Gasteiger partial charge in [-0.25, -0.2) is 0 Å². The van der Waals surface area contributed by atoms with E-state index in [2.05, 4.69) is 0 Å². The second-order valence-electron chi connectivity index (χ2n) is 1.88. The van der Waals surface area contributed by atoms with Gasteiger partial charge in [0.15, 0.2) is 0 Å². The van der Waals surface area contributed by atoms with E-state index in [1.807, 2.05) is 0 Å². The first kappa shape index (κ1) is 46.6. The van der Waals surface area contributed by atoms with E-state index in [9.17, 15) is 9.59 Å². The summed E-state index contributed by atoms with van der Waals surface area (Å²) in [6, 6.07) is -1.06. The predicted molar refractivity (Wildman–Crippen MR) is 54.2 cm³/mol. The van der Waals surface area contributed by atoms with Gasteiger partial charge in [-0.1, -0.05) is 0 Å². The van der Waals surface area contributed by atoms with Crippen LogP contribution in [0.2, 0.25) is 0 Å². The Balaban J connectivity index is -0.0000000270. The molecule has 1 atom stereocenters. The summed E-state index contributed by atoms with van der Waals surface area (Å²) in [5.41, 5.74) is 5.00. The van der Waals surface area contributed by atoms with Crippen molar-refractivity contribution >= 4 is 11.9 Å². The third-order valence-corrected chi connectivity index (χ3v) is 0.986. The molecule has 0 radical (unpaired) electrons. The molecule has 0 unspecified atom stereocenters. The minimum atomic E-state index is -1.17. The molecule has 106 valence electrons. The van der Waals surface area contributed by atoms with E-state index < -0.39 is 18.0 Å². The highest BCUT2D eigenvalue weighted by Gasteiger charge is 2.12. The van der Waals surface area contributed by atoms with Crippen LogP contribution in [0.15, 0.2) is 0 Å². The topological polar surface area (TPSA) is 290 Å². The van der Waals surface area contributed by atoms with E-state index in [0.717, 1.165) is 0 Å². The van der Waals surface area contributed by atoms with Crippen molar-refractivity contribution in [3.63, 3.8) is 0 Å². The van der Waals surface area contributed by atoms with Crippen LogP contribution in [0, 0.1) is 0 Å². The first-order chi connectivity index (χ1) is 4.54. The van der Waals surface area contributed by atoms with Crippen LogP contribution in [0.25, 0.3) is 0 Å². The molecular formula is C5H21NO10. The molecule has 0 aromatic rings. The van der Waals surface area contributed by atoms with Crippen LogP contribution in [0.1, 0.15) is 12.8 Å². The van der Waals surface area contributed by atoms with E-state index in [0.29, 0.717) is 0 Å². The number of hydrogen-bond acceptors (Lipinski definition) is 3. The first-order valence-electron chi connectivity index (χ1n) is 2.74. The summed E-state index contributed by atoms with van der Waals surface area (Å²) in [5.74, 6) is -2.20. The zero-order valence-corrected chi connectivity index (χ0v) is 8.28. The fourth-order valence-corrected chi connectivity index (χ4v) is 0.402. The largest absolute Gasteiger partial charge is 0.481 e. The maximum absolute atomic E-state index is 9.99. The van der Waals surface area contributed by atoms with Gasteiger partial charge in [0.25, 0.3) is 0 Å². The molecule has 0 spiro atoms. The van der Waals surface area contributed by atoms with Crippen molar-refractivity contribution in [1.82, 2.24) is 0 Å². The van der Waals surface area contributed by atoms with E-state index in [1.165, 1.54) is 0 Å². The number of rotatable bonds is 4. The zero-order chi connectivity index (χ0) is 8.15. The Hall–Kier alpha value is -1.34. The molecule has 0 aliphatic rings. The van der Waals surface area contributed by atoms with Crippen molar-refractivity contribution in [1.29, 1.82) is 0 Å². The quantitative estimate of drug-likeness (QED) is 0.440. The second-order valence-corrected chi connectivity index (χ2v) is 1.88.